The van der Waals surface area contributed by atoms with Gasteiger partial charge in [0, 0.05) is 18.7 Å². The summed E-state index contributed by atoms with van der Waals surface area (Å²) >= 11 is 0. The summed E-state index contributed by atoms with van der Waals surface area (Å²) in [6.45, 7) is 4.89. The molecule has 0 aliphatic carbocycles. The number of aryl methyl sites for hydroxylation is 2. The van der Waals surface area contributed by atoms with Crippen molar-refractivity contribution in [3.8, 4) is 17.6 Å². The molecule has 0 spiro atoms. The van der Waals surface area contributed by atoms with Crippen LogP contribution in [0.4, 0.5) is 5.69 Å². The minimum atomic E-state index is -0.348. The predicted molar refractivity (Wildman–Crippen MR) is 109 cm³/mol. The third-order valence-corrected chi connectivity index (χ3v) is 4.71. The van der Waals surface area contributed by atoms with E-state index in [9.17, 15) is 9.59 Å². The number of nitrogens with zero attached hydrogens (tertiary/aromatic N) is 1. The number of benzene rings is 2. The van der Waals surface area contributed by atoms with Gasteiger partial charge in [-0.15, -0.1) is 0 Å². The molecule has 28 heavy (non-hydrogen) atoms. The van der Waals surface area contributed by atoms with E-state index in [2.05, 4.69) is 17.2 Å². The lowest BCUT2D eigenvalue weighted by Gasteiger charge is -2.16. The highest BCUT2D eigenvalue weighted by atomic mass is 16.5. The Morgan fingerprint density at radius 1 is 1.14 bits per heavy atom. The fourth-order valence-corrected chi connectivity index (χ4v) is 3.08. The van der Waals surface area contributed by atoms with Crippen LogP contribution in [0.5, 0.6) is 5.75 Å². The third-order valence-electron chi connectivity index (χ3n) is 4.71. The first-order valence-electron chi connectivity index (χ1n) is 9.33. The molecule has 1 N–H and O–H groups in total. The van der Waals surface area contributed by atoms with Gasteiger partial charge >= 0.3 is 0 Å². The number of hydrogen-bond acceptors (Lipinski definition) is 3. The topological polar surface area (TPSA) is 58.6 Å². The Morgan fingerprint density at radius 3 is 2.64 bits per heavy atom. The molecule has 1 atom stereocenters. The number of carbonyl (C=O) groups is 2. The maximum absolute atomic E-state index is 12.3. The number of hydrogen-bond donors (Lipinski definition) is 1. The molecule has 0 radical (unpaired) electrons. The minimum Gasteiger partial charge on any atom is -0.481 e. The Hall–Kier alpha value is -3.26. The molecule has 2 aromatic rings. The van der Waals surface area contributed by atoms with E-state index < -0.39 is 0 Å². The maximum Gasteiger partial charge on any atom is 0.227 e. The van der Waals surface area contributed by atoms with E-state index in [1.165, 1.54) is 0 Å². The van der Waals surface area contributed by atoms with Crippen molar-refractivity contribution in [2.45, 2.75) is 20.3 Å². The number of nitrogens with one attached hydrogen (secondary N) is 1. The molecule has 2 aromatic carbocycles. The summed E-state index contributed by atoms with van der Waals surface area (Å²) < 4.78 is 5.59. The number of amides is 2. The van der Waals surface area contributed by atoms with Crippen LogP contribution in [-0.2, 0) is 9.59 Å². The summed E-state index contributed by atoms with van der Waals surface area (Å²) in [7, 11) is 0. The molecule has 5 heteroatoms. The van der Waals surface area contributed by atoms with Crippen molar-refractivity contribution >= 4 is 17.5 Å². The zero-order chi connectivity index (χ0) is 19.9. The van der Waals surface area contributed by atoms with Crippen LogP contribution in [0.1, 0.15) is 17.5 Å². The van der Waals surface area contributed by atoms with Gasteiger partial charge in [-0.2, -0.15) is 0 Å². The van der Waals surface area contributed by atoms with Crippen molar-refractivity contribution in [2.24, 2.45) is 5.92 Å². The van der Waals surface area contributed by atoms with Crippen LogP contribution in [0.25, 0.3) is 0 Å². The highest BCUT2D eigenvalue weighted by Crippen LogP contribution is 2.25. The fourth-order valence-electron chi connectivity index (χ4n) is 3.08. The van der Waals surface area contributed by atoms with E-state index in [-0.39, 0.29) is 37.3 Å². The van der Waals surface area contributed by atoms with E-state index in [0.29, 0.717) is 6.54 Å². The quantitative estimate of drug-likeness (QED) is 0.817. The first-order valence-corrected chi connectivity index (χ1v) is 9.33. The molecular formula is C23H24N2O3. The lowest BCUT2D eigenvalue weighted by atomic mass is 10.1. The molecule has 0 bridgehead atoms. The zero-order valence-corrected chi connectivity index (χ0v) is 16.2. The standard InChI is InChI=1S/C23H24N2O3/c1-17-9-11-20(12-10-17)25-16-19(15-22(25)26)23(27)24-13-5-6-14-28-21-8-4-3-7-18(21)2/h3-4,7-12,19H,13-16H2,1-2H3,(H,24,27). The molecule has 1 saturated heterocycles. The zero-order valence-electron chi connectivity index (χ0n) is 16.2. The van der Waals surface area contributed by atoms with E-state index in [4.69, 9.17) is 4.74 Å². The number of para-hydroxylation sites is 1. The number of carbonyl (C=O) groups excluding carboxylic acids is 2. The van der Waals surface area contributed by atoms with Gasteiger partial charge in [0.05, 0.1) is 12.5 Å². The average Bonchev–Trinajstić information content (AvgIpc) is 3.08. The van der Waals surface area contributed by atoms with Gasteiger partial charge in [0.15, 0.2) is 0 Å². The third kappa shape index (κ3) is 4.92. The molecule has 1 fully saturated rings. The van der Waals surface area contributed by atoms with Crippen molar-refractivity contribution in [2.75, 3.05) is 24.6 Å². The Morgan fingerprint density at radius 2 is 1.89 bits per heavy atom. The highest BCUT2D eigenvalue weighted by molar-refractivity contribution is 6.00. The SMILES string of the molecule is Cc1ccc(N2CC(C(=O)NCC#CCOc3ccccc3C)CC2=O)cc1. The second-order valence-corrected chi connectivity index (χ2v) is 6.87. The minimum absolute atomic E-state index is 0.0262. The van der Waals surface area contributed by atoms with Gasteiger partial charge in [-0.1, -0.05) is 47.7 Å². The summed E-state index contributed by atoms with van der Waals surface area (Å²) in [6.07, 6.45) is 0.226. The first-order chi connectivity index (χ1) is 13.5. The summed E-state index contributed by atoms with van der Waals surface area (Å²) in [6, 6.07) is 15.5. The summed E-state index contributed by atoms with van der Waals surface area (Å²) in [4.78, 5) is 26.3. The van der Waals surface area contributed by atoms with Crippen molar-refractivity contribution in [3.05, 3.63) is 59.7 Å². The summed E-state index contributed by atoms with van der Waals surface area (Å²) in [5.74, 6) is 6.07. The van der Waals surface area contributed by atoms with Gasteiger partial charge in [0.1, 0.15) is 12.4 Å². The molecule has 2 amide bonds. The summed E-state index contributed by atoms with van der Waals surface area (Å²) in [5, 5.41) is 2.79. The van der Waals surface area contributed by atoms with Crippen molar-refractivity contribution < 1.29 is 14.3 Å². The molecule has 1 unspecified atom stereocenters. The Bertz CT molecular complexity index is 909. The van der Waals surface area contributed by atoms with Crippen molar-refractivity contribution in [1.29, 1.82) is 0 Å². The molecule has 1 aliphatic heterocycles. The van der Waals surface area contributed by atoms with Gasteiger partial charge in [-0.25, -0.2) is 0 Å². The molecule has 1 heterocycles. The van der Waals surface area contributed by atoms with Gasteiger partial charge in [-0.3, -0.25) is 9.59 Å². The monoisotopic (exact) mass is 376 g/mol. The first kappa shape index (κ1) is 19.5. The Balaban J connectivity index is 1.44. The average molecular weight is 376 g/mol. The Labute approximate surface area is 165 Å². The Kier molecular flexibility index (Phi) is 6.33. The summed E-state index contributed by atoms with van der Waals surface area (Å²) in [5.41, 5.74) is 3.02. The van der Waals surface area contributed by atoms with Crippen molar-refractivity contribution in [1.82, 2.24) is 5.32 Å². The maximum atomic E-state index is 12.3. The van der Waals surface area contributed by atoms with E-state index in [1.807, 2.05) is 62.4 Å². The largest absolute Gasteiger partial charge is 0.481 e. The van der Waals surface area contributed by atoms with E-state index >= 15 is 0 Å². The van der Waals surface area contributed by atoms with E-state index in [1.54, 1.807) is 4.90 Å². The van der Waals surface area contributed by atoms with E-state index in [0.717, 1.165) is 22.6 Å². The van der Waals surface area contributed by atoms with Crippen LogP contribution in [0.2, 0.25) is 0 Å². The fraction of sp³-hybridized carbons (Fsp3) is 0.304. The smallest absolute Gasteiger partial charge is 0.227 e. The number of ether oxygens (including phenoxy) is 1. The van der Waals surface area contributed by atoms with Gasteiger partial charge < -0.3 is 15.0 Å². The van der Waals surface area contributed by atoms with Crippen LogP contribution in [0.3, 0.4) is 0 Å². The number of anilines is 1. The highest BCUT2D eigenvalue weighted by Gasteiger charge is 2.34. The molecule has 3 rings (SSSR count). The lowest BCUT2D eigenvalue weighted by molar-refractivity contribution is -0.126. The number of rotatable bonds is 5. The van der Waals surface area contributed by atoms with Crippen LogP contribution < -0.4 is 15.0 Å². The predicted octanol–water partition coefficient (Wildman–Crippen LogP) is 2.85. The van der Waals surface area contributed by atoms with Crippen LogP contribution >= 0.6 is 0 Å². The molecule has 1 aliphatic rings. The molecule has 5 nitrogen and oxygen atoms in total. The second-order valence-electron chi connectivity index (χ2n) is 6.87. The van der Waals surface area contributed by atoms with Gasteiger partial charge in [-0.05, 0) is 37.6 Å². The molecule has 0 aromatic heterocycles. The van der Waals surface area contributed by atoms with Gasteiger partial charge in [0.2, 0.25) is 11.8 Å². The second kappa shape index (κ2) is 9.09. The molecular weight excluding hydrogens is 352 g/mol. The van der Waals surface area contributed by atoms with Crippen molar-refractivity contribution in [3.63, 3.8) is 0 Å². The molecule has 144 valence electrons. The normalized spacial score (nSPS) is 15.7. The van der Waals surface area contributed by atoms with Gasteiger partial charge in [0.25, 0.3) is 0 Å². The van der Waals surface area contributed by atoms with Crippen LogP contribution in [0.15, 0.2) is 48.5 Å². The van der Waals surface area contributed by atoms with Crippen LogP contribution in [0, 0.1) is 31.6 Å². The molecule has 0 saturated carbocycles. The lowest BCUT2D eigenvalue weighted by Crippen LogP contribution is -2.33. The van der Waals surface area contributed by atoms with Crippen LogP contribution in [-0.4, -0.2) is 31.5 Å².